The van der Waals surface area contributed by atoms with E-state index in [1.54, 1.807) is 0 Å². The third-order valence-corrected chi connectivity index (χ3v) is 4.01. The Morgan fingerprint density at radius 3 is 2.62 bits per heavy atom. The number of aromatic nitrogens is 1. The molecule has 1 saturated heterocycles. The van der Waals surface area contributed by atoms with Crippen LogP contribution in [0.2, 0.25) is 0 Å². The minimum absolute atomic E-state index is 0.257. The van der Waals surface area contributed by atoms with Crippen molar-refractivity contribution in [2.75, 3.05) is 18.4 Å². The van der Waals surface area contributed by atoms with Gasteiger partial charge in [0.25, 0.3) is 0 Å². The number of aryl methyl sites for hydroxylation is 1. The van der Waals surface area contributed by atoms with Crippen molar-refractivity contribution in [3.8, 4) is 0 Å². The number of rotatable bonds is 3. The van der Waals surface area contributed by atoms with E-state index in [-0.39, 0.29) is 11.3 Å². The lowest BCUT2D eigenvalue weighted by atomic mass is 9.93. The molecule has 1 aliphatic rings. The number of carbonyl (C=O) groups excluding carboxylic acids is 1. The molecule has 2 rings (SSSR count). The van der Waals surface area contributed by atoms with Gasteiger partial charge in [0.15, 0.2) is 0 Å². The summed E-state index contributed by atoms with van der Waals surface area (Å²) in [6, 6.07) is 4.58. The summed E-state index contributed by atoms with van der Waals surface area (Å²) in [5.41, 5.74) is 1.02. The quantitative estimate of drug-likeness (QED) is 0.930. The van der Waals surface area contributed by atoms with Gasteiger partial charge in [-0.05, 0) is 37.0 Å². The second-order valence-electron chi connectivity index (χ2n) is 6.86. The third-order valence-electron chi connectivity index (χ3n) is 4.01. The number of likely N-dealkylation sites (tertiary alicyclic amines) is 1. The molecule has 0 radical (unpaired) electrons. The largest absolute Gasteiger partial charge is 0.367 e. The molecule has 0 spiro atoms. The van der Waals surface area contributed by atoms with Crippen molar-refractivity contribution in [1.82, 2.24) is 9.88 Å². The van der Waals surface area contributed by atoms with Gasteiger partial charge in [-0.2, -0.15) is 0 Å². The Kier molecular flexibility index (Phi) is 4.86. The lowest BCUT2D eigenvalue weighted by Crippen LogP contribution is -2.46. The van der Waals surface area contributed by atoms with Crippen molar-refractivity contribution in [2.24, 2.45) is 5.41 Å². The lowest BCUT2D eigenvalue weighted by Gasteiger charge is -2.36. The number of nitrogens with one attached hydrogen (secondary N) is 1. The Morgan fingerprint density at radius 2 is 2.05 bits per heavy atom. The Labute approximate surface area is 127 Å². The van der Waals surface area contributed by atoms with Gasteiger partial charge in [-0.15, -0.1) is 0 Å². The first kappa shape index (κ1) is 15.8. The highest BCUT2D eigenvalue weighted by Gasteiger charge is 2.30. The molecule has 1 aromatic rings. The highest BCUT2D eigenvalue weighted by atomic mass is 16.2. The molecule has 0 unspecified atom stereocenters. The summed E-state index contributed by atoms with van der Waals surface area (Å²) in [5.74, 6) is 1.21. The highest BCUT2D eigenvalue weighted by molar-refractivity contribution is 5.81. The average Bonchev–Trinajstić information content (AvgIpc) is 2.46. The summed E-state index contributed by atoms with van der Waals surface area (Å²) in [6.07, 6.45) is 4.86. The van der Waals surface area contributed by atoms with Crippen LogP contribution in [-0.4, -0.2) is 34.9 Å². The normalized spacial score (nSPS) is 16.9. The predicted octanol–water partition coefficient (Wildman–Crippen LogP) is 3.09. The molecule has 1 fully saturated rings. The molecule has 2 heterocycles. The fraction of sp³-hybridized carbons (Fsp3) is 0.647. The number of anilines is 1. The minimum Gasteiger partial charge on any atom is -0.367 e. The van der Waals surface area contributed by atoms with E-state index in [0.717, 1.165) is 38.2 Å². The smallest absolute Gasteiger partial charge is 0.227 e. The molecule has 0 aromatic carbocycles. The number of piperidine rings is 1. The van der Waals surface area contributed by atoms with Crippen LogP contribution < -0.4 is 5.32 Å². The third kappa shape index (κ3) is 4.19. The fourth-order valence-corrected chi connectivity index (χ4v) is 2.68. The second-order valence-corrected chi connectivity index (χ2v) is 6.86. The molecule has 1 aliphatic heterocycles. The van der Waals surface area contributed by atoms with Gasteiger partial charge in [-0.25, -0.2) is 4.98 Å². The molecule has 0 atom stereocenters. The zero-order valence-electron chi connectivity index (χ0n) is 13.6. The summed E-state index contributed by atoms with van der Waals surface area (Å²) in [7, 11) is 0. The SMILES string of the molecule is CCc1ccnc(NC2CCN(C(=O)C(C)(C)C)CC2)c1. The molecule has 0 aliphatic carbocycles. The molecular formula is C17H27N3O. The van der Waals surface area contributed by atoms with Gasteiger partial charge in [0, 0.05) is 30.7 Å². The van der Waals surface area contributed by atoms with Gasteiger partial charge >= 0.3 is 0 Å². The Bertz CT molecular complexity index is 485. The molecule has 21 heavy (non-hydrogen) atoms. The maximum absolute atomic E-state index is 12.3. The van der Waals surface area contributed by atoms with Gasteiger partial charge in [-0.1, -0.05) is 27.7 Å². The average molecular weight is 289 g/mol. The van der Waals surface area contributed by atoms with Gasteiger partial charge in [0.1, 0.15) is 5.82 Å². The molecule has 4 heteroatoms. The number of hydrogen-bond acceptors (Lipinski definition) is 3. The Morgan fingerprint density at radius 1 is 1.38 bits per heavy atom. The summed E-state index contributed by atoms with van der Waals surface area (Å²) >= 11 is 0. The molecule has 0 bridgehead atoms. The van der Waals surface area contributed by atoms with Crippen LogP contribution in [0.5, 0.6) is 0 Å². The summed E-state index contributed by atoms with van der Waals surface area (Å²) in [5, 5.41) is 3.50. The van der Waals surface area contributed by atoms with Crippen LogP contribution in [-0.2, 0) is 11.2 Å². The zero-order chi connectivity index (χ0) is 15.5. The van der Waals surface area contributed by atoms with Crippen LogP contribution in [0.1, 0.15) is 46.1 Å². The van der Waals surface area contributed by atoms with E-state index >= 15 is 0 Å². The molecule has 1 amide bonds. The van der Waals surface area contributed by atoms with E-state index in [1.165, 1.54) is 5.56 Å². The van der Waals surface area contributed by atoms with Gasteiger partial charge in [-0.3, -0.25) is 4.79 Å². The maximum Gasteiger partial charge on any atom is 0.227 e. The first-order valence-electron chi connectivity index (χ1n) is 7.91. The number of carbonyl (C=O) groups is 1. The minimum atomic E-state index is -0.280. The Balaban J connectivity index is 1.88. The standard InChI is InChI=1S/C17H27N3O/c1-5-13-6-9-18-15(12-13)19-14-7-10-20(11-8-14)16(21)17(2,3)4/h6,9,12,14H,5,7-8,10-11H2,1-4H3,(H,18,19). The molecule has 0 saturated carbocycles. The van der Waals surface area contributed by atoms with Crippen LogP contribution in [0.4, 0.5) is 5.82 Å². The van der Waals surface area contributed by atoms with E-state index in [4.69, 9.17) is 0 Å². The first-order chi connectivity index (χ1) is 9.90. The maximum atomic E-state index is 12.3. The second kappa shape index (κ2) is 6.46. The van der Waals surface area contributed by atoms with Crippen molar-refractivity contribution in [3.05, 3.63) is 23.9 Å². The van der Waals surface area contributed by atoms with E-state index in [9.17, 15) is 4.79 Å². The summed E-state index contributed by atoms with van der Waals surface area (Å²) in [6.45, 7) is 9.78. The van der Waals surface area contributed by atoms with Crippen molar-refractivity contribution >= 4 is 11.7 Å². The van der Waals surface area contributed by atoms with Gasteiger partial charge in [0.05, 0.1) is 0 Å². The van der Waals surface area contributed by atoms with E-state index in [1.807, 2.05) is 31.9 Å². The lowest BCUT2D eigenvalue weighted by molar-refractivity contribution is -0.140. The van der Waals surface area contributed by atoms with Crippen molar-refractivity contribution < 1.29 is 4.79 Å². The van der Waals surface area contributed by atoms with E-state index in [2.05, 4.69) is 29.4 Å². The van der Waals surface area contributed by atoms with Crippen LogP contribution in [0.15, 0.2) is 18.3 Å². The van der Waals surface area contributed by atoms with Crippen LogP contribution in [0.25, 0.3) is 0 Å². The highest BCUT2D eigenvalue weighted by Crippen LogP contribution is 2.22. The topological polar surface area (TPSA) is 45.2 Å². The van der Waals surface area contributed by atoms with Crippen molar-refractivity contribution in [1.29, 1.82) is 0 Å². The number of amides is 1. The number of hydrogen-bond donors (Lipinski definition) is 1. The molecule has 1 aromatic heterocycles. The summed E-state index contributed by atoms with van der Waals surface area (Å²) in [4.78, 5) is 18.6. The van der Waals surface area contributed by atoms with Crippen LogP contribution in [0.3, 0.4) is 0 Å². The van der Waals surface area contributed by atoms with Gasteiger partial charge in [0.2, 0.25) is 5.91 Å². The first-order valence-corrected chi connectivity index (χ1v) is 7.91. The van der Waals surface area contributed by atoms with E-state index < -0.39 is 0 Å². The monoisotopic (exact) mass is 289 g/mol. The molecule has 4 nitrogen and oxygen atoms in total. The van der Waals surface area contributed by atoms with Gasteiger partial charge < -0.3 is 10.2 Å². The van der Waals surface area contributed by atoms with Crippen LogP contribution in [0, 0.1) is 5.41 Å². The molecular weight excluding hydrogens is 262 g/mol. The zero-order valence-corrected chi connectivity index (χ0v) is 13.6. The fourth-order valence-electron chi connectivity index (χ4n) is 2.68. The number of nitrogens with zero attached hydrogens (tertiary/aromatic N) is 2. The van der Waals surface area contributed by atoms with Crippen molar-refractivity contribution in [2.45, 2.75) is 53.0 Å². The van der Waals surface area contributed by atoms with E-state index in [0.29, 0.717) is 6.04 Å². The van der Waals surface area contributed by atoms with Crippen LogP contribution >= 0.6 is 0 Å². The Hall–Kier alpha value is -1.58. The number of pyridine rings is 1. The molecule has 1 N–H and O–H groups in total. The molecule has 116 valence electrons. The summed E-state index contributed by atoms with van der Waals surface area (Å²) < 4.78 is 0. The predicted molar refractivity (Wildman–Crippen MR) is 86.3 cm³/mol. The van der Waals surface area contributed by atoms with Crippen molar-refractivity contribution in [3.63, 3.8) is 0 Å².